The van der Waals surface area contributed by atoms with Crippen LogP contribution < -0.4 is 0 Å². The van der Waals surface area contributed by atoms with E-state index in [1.165, 1.54) is 0 Å². The minimum Gasteiger partial charge on any atom is -0.462 e. The van der Waals surface area contributed by atoms with Gasteiger partial charge in [0.1, 0.15) is 0 Å². The Kier molecular flexibility index (Phi) is 5.47. The highest BCUT2D eigenvalue weighted by Crippen LogP contribution is 2.00. The molecule has 3 nitrogen and oxygen atoms in total. The largest absolute Gasteiger partial charge is 0.462 e. The summed E-state index contributed by atoms with van der Waals surface area (Å²) >= 11 is 0. The summed E-state index contributed by atoms with van der Waals surface area (Å²) in [6.45, 7) is 5.65. The monoisotopic (exact) mass is 158 g/mol. The third kappa shape index (κ3) is 5.61. The molecular formula is C8H14O3. The van der Waals surface area contributed by atoms with E-state index in [1.807, 2.05) is 6.92 Å². The Morgan fingerprint density at radius 1 is 1.82 bits per heavy atom. The van der Waals surface area contributed by atoms with Crippen molar-refractivity contribution < 1.29 is 14.6 Å². The second kappa shape index (κ2) is 5.92. The fourth-order valence-electron chi connectivity index (χ4n) is 0.587. The van der Waals surface area contributed by atoms with Gasteiger partial charge in [-0.2, -0.15) is 0 Å². The summed E-state index contributed by atoms with van der Waals surface area (Å²) in [6, 6.07) is 0. The molecule has 0 aliphatic carbocycles. The molecule has 0 aliphatic rings. The van der Waals surface area contributed by atoms with Crippen molar-refractivity contribution in [1.82, 2.24) is 0 Å². The van der Waals surface area contributed by atoms with Gasteiger partial charge in [-0.15, -0.1) is 0 Å². The molecule has 64 valence electrons. The number of hydrogen-bond acceptors (Lipinski definition) is 3. The first kappa shape index (κ1) is 10.2. The van der Waals surface area contributed by atoms with Gasteiger partial charge in [-0.25, -0.2) is 4.79 Å². The van der Waals surface area contributed by atoms with E-state index >= 15 is 0 Å². The molecule has 0 rings (SSSR count). The van der Waals surface area contributed by atoms with E-state index in [1.54, 1.807) is 0 Å². The number of aliphatic hydroxyl groups excluding tert-OH is 1. The summed E-state index contributed by atoms with van der Waals surface area (Å²) in [5.41, 5.74) is 0. The van der Waals surface area contributed by atoms with Crippen LogP contribution in [0, 0.1) is 5.92 Å². The summed E-state index contributed by atoms with van der Waals surface area (Å²) in [4.78, 5) is 10.5. The zero-order valence-electron chi connectivity index (χ0n) is 6.75. The SMILES string of the molecule is C=CC(=O)OCC(C)CCO. The fourth-order valence-corrected chi connectivity index (χ4v) is 0.587. The first-order valence-corrected chi connectivity index (χ1v) is 3.60. The number of esters is 1. The molecule has 0 fully saturated rings. The molecule has 1 atom stereocenters. The predicted octanol–water partition coefficient (Wildman–Crippen LogP) is 0.734. The van der Waals surface area contributed by atoms with E-state index in [9.17, 15) is 4.79 Å². The van der Waals surface area contributed by atoms with Crippen molar-refractivity contribution in [3.63, 3.8) is 0 Å². The maximum absolute atomic E-state index is 10.5. The van der Waals surface area contributed by atoms with E-state index in [0.29, 0.717) is 13.0 Å². The van der Waals surface area contributed by atoms with Crippen LogP contribution in [-0.4, -0.2) is 24.3 Å². The van der Waals surface area contributed by atoms with E-state index in [0.717, 1.165) is 6.08 Å². The minimum atomic E-state index is -0.408. The lowest BCUT2D eigenvalue weighted by Gasteiger charge is -2.08. The van der Waals surface area contributed by atoms with Gasteiger partial charge < -0.3 is 9.84 Å². The summed E-state index contributed by atoms with van der Waals surface area (Å²) in [5, 5.41) is 8.50. The molecule has 0 spiro atoms. The normalized spacial score (nSPS) is 12.2. The fraction of sp³-hybridized carbons (Fsp3) is 0.625. The molecular weight excluding hydrogens is 144 g/mol. The van der Waals surface area contributed by atoms with Gasteiger partial charge in [0.05, 0.1) is 6.61 Å². The number of carbonyl (C=O) groups excluding carboxylic acids is 1. The number of hydrogen-bond donors (Lipinski definition) is 1. The molecule has 3 heteroatoms. The second-order valence-corrected chi connectivity index (χ2v) is 2.45. The van der Waals surface area contributed by atoms with Gasteiger partial charge >= 0.3 is 5.97 Å². The van der Waals surface area contributed by atoms with Crippen molar-refractivity contribution in [1.29, 1.82) is 0 Å². The summed E-state index contributed by atoms with van der Waals surface area (Å²) in [5.74, 6) is -0.196. The topological polar surface area (TPSA) is 46.5 Å². The first-order chi connectivity index (χ1) is 5.20. The Hall–Kier alpha value is -0.830. The molecule has 0 aromatic carbocycles. The Morgan fingerprint density at radius 3 is 2.91 bits per heavy atom. The smallest absolute Gasteiger partial charge is 0.330 e. The van der Waals surface area contributed by atoms with Gasteiger partial charge in [-0.3, -0.25) is 0 Å². The highest BCUT2D eigenvalue weighted by molar-refractivity contribution is 5.81. The maximum atomic E-state index is 10.5. The van der Waals surface area contributed by atoms with E-state index in [4.69, 9.17) is 9.84 Å². The van der Waals surface area contributed by atoms with Crippen molar-refractivity contribution in [3.8, 4) is 0 Å². The molecule has 0 saturated carbocycles. The van der Waals surface area contributed by atoms with Crippen LogP contribution >= 0.6 is 0 Å². The first-order valence-electron chi connectivity index (χ1n) is 3.60. The lowest BCUT2D eigenvalue weighted by atomic mass is 10.1. The average Bonchev–Trinajstić information content (AvgIpc) is 2.01. The molecule has 0 saturated heterocycles. The van der Waals surface area contributed by atoms with Gasteiger partial charge in [-0.05, 0) is 12.3 Å². The summed E-state index contributed by atoms with van der Waals surface area (Å²) < 4.78 is 4.74. The van der Waals surface area contributed by atoms with Gasteiger partial charge in [0.2, 0.25) is 0 Å². The quantitative estimate of drug-likeness (QED) is 0.474. The molecule has 0 amide bonds. The molecule has 1 unspecified atom stereocenters. The number of aliphatic hydroxyl groups is 1. The van der Waals surface area contributed by atoms with Crippen molar-refractivity contribution in [2.45, 2.75) is 13.3 Å². The third-order valence-electron chi connectivity index (χ3n) is 1.30. The van der Waals surface area contributed by atoms with Crippen LogP contribution in [-0.2, 0) is 9.53 Å². The zero-order chi connectivity index (χ0) is 8.69. The molecule has 0 heterocycles. The van der Waals surface area contributed by atoms with Crippen LogP contribution in [0.5, 0.6) is 0 Å². The van der Waals surface area contributed by atoms with Gasteiger partial charge in [0.15, 0.2) is 0 Å². The minimum absolute atomic E-state index is 0.132. The molecule has 0 aliphatic heterocycles. The Bertz CT molecular complexity index is 131. The van der Waals surface area contributed by atoms with Crippen LogP contribution in [0.2, 0.25) is 0 Å². The number of ether oxygens (including phenoxy) is 1. The standard InChI is InChI=1S/C8H14O3/c1-3-8(10)11-6-7(2)4-5-9/h3,7,9H,1,4-6H2,2H3. The lowest BCUT2D eigenvalue weighted by molar-refractivity contribution is -0.139. The highest BCUT2D eigenvalue weighted by Gasteiger charge is 2.03. The van der Waals surface area contributed by atoms with Crippen molar-refractivity contribution >= 4 is 5.97 Å². The molecule has 0 bridgehead atoms. The summed E-state index contributed by atoms with van der Waals surface area (Å²) in [6.07, 6.45) is 1.79. The lowest BCUT2D eigenvalue weighted by Crippen LogP contribution is -2.10. The van der Waals surface area contributed by atoms with E-state index in [-0.39, 0.29) is 12.5 Å². The van der Waals surface area contributed by atoms with E-state index in [2.05, 4.69) is 6.58 Å². The third-order valence-corrected chi connectivity index (χ3v) is 1.30. The number of carbonyl (C=O) groups is 1. The summed E-state index contributed by atoms with van der Waals surface area (Å²) in [7, 11) is 0. The molecule has 0 aromatic heterocycles. The van der Waals surface area contributed by atoms with Crippen molar-refractivity contribution in [2.24, 2.45) is 5.92 Å². The van der Waals surface area contributed by atoms with Gasteiger partial charge in [0.25, 0.3) is 0 Å². The highest BCUT2D eigenvalue weighted by atomic mass is 16.5. The van der Waals surface area contributed by atoms with Crippen LogP contribution in [0.15, 0.2) is 12.7 Å². The van der Waals surface area contributed by atoms with E-state index < -0.39 is 5.97 Å². The second-order valence-electron chi connectivity index (χ2n) is 2.45. The van der Waals surface area contributed by atoms with Crippen LogP contribution in [0.3, 0.4) is 0 Å². The maximum Gasteiger partial charge on any atom is 0.330 e. The Labute approximate surface area is 66.7 Å². The Morgan fingerprint density at radius 2 is 2.45 bits per heavy atom. The average molecular weight is 158 g/mol. The molecule has 0 aromatic rings. The van der Waals surface area contributed by atoms with Crippen LogP contribution in [0.1, 0.15) is 13.3 Å². The Balaban J connectivity index is 3.37. The van der Waals surface area contributed by atoms with Crippen LogP contribution in [0.25, 0.3) is 0 Å². The van der Waals surface area contributed by atoms with Gasteiger partial charge in [0, 0.05) is 12.7 Å². The predicted molar refractivity (Wildman–Crippen MR) is 42.0 cm³/mol. The number of rotatable bonds is 5. The van der Waals surface area contributed by atoms with Crippen LogP contribution in [0.4, 0.5) is 0 Å². The molecule has 1 N–H and O–H groups in total. The molecule has 11 heavy (non-hydrogen) atoms. The van der Waals surface area contributed by atoms with Crippen molar-refractivity contribution in [3.05, 3.63) is 12.7 Å². The molecule has 0 radical (unpaired) electrons. The van der Waals surface area contributed by atoms with Gasteiger partial charge in [-0.1, -0.05) is 13.5 Å². The zero-order valence-corrected chi connectivity index (χ0v) is 6.75. The van der Waals surface area contributed by atoms with Crippen molar-refractivity contribution in [2.75, 3.05) is 13.2 Å².